The van der Waals surface area contributed by atoms with Crippen LogP contribution in [-0.2, 0) is 6.54 Å². The Hall–Kier alpha value is -2.79. The Morgan fingerprint density at radius 2 is 1.96 bits per heavy atom. The van der Waals surface area contributed by atoms with Crippen molar-refractivity contribution in [1.82, 2.24) is 15.1 Å². The first-order valence-corrected chi connectivity index (χ1v) is 7.90. The number of hydrogen-bond acceptors (Lipinski definition) is 2. The van der Waals surface area contributed by atoms with E-state index in [4.69, 9.17) is 11.6 Å². The molecule has 0 fully saturated rings. The van der Waals surface area contributed by atoms with Gasteiger partial charge in [-0.2, -0.15) is 5.10 Å². The van der Waals surface area contributed by atoms with E-state index in [1.165, 1.54) is 0 Å². The summed E-state index contributed by atoms with van der Waals surface area (Å²) in [6.07, 6.45) is 1.74. The van der Waals surface area contributed by atoms with Crippen LogP contribution in [-0.4, -0.2) is 15.8 Å². The van der Waals surface area contributed by atoms with Gasteiger partial charge in [0.05, 0.1) is 5.69 Å². The number of urea groups is 1. The number of amides is 2. The van der Waals surface area contributed by atoms with Gasteiger partial charge in [-0.15, -0.1) is 0 Å². The lowest BCUT2D eigenvalue weighted by molar-refractivity contribution is 0.251. The Bertz CT molecular complexity index is 842. The Labute approximate surface area is 145 Å². The van der Waals surface area contributed by atoms with Crippen molar-refractivity contribution in [2.75, 3.05) is 5.32 Å². The van der Waals surface area contributed by atoms with E-state index in [2.05, 4.69) is 15.7 Å². The fourth-order valence-electron chi connectivity index (χ4n) is 2.32. The number of aryl methyl sites for hydroxylation is 1. The highest BCUT2D eigenvalue weighted by Crippen LogP contribution is 2.15. The molecule has 3 aromatic rings. The van der Waals surface area contributed by atoms with E-state index >= 15 is 0 Å². The molecule has 0 aliphatic rings. The van der Waals surface area contributed by atoms with Crippen LogP contribution in [0.2, 0.25) is 5.02 Å². The lowest BCUT2D eigenvalue weighted by Crippen LogP contribution is -2.28. The third-order valence-corrected chi connectivity index (χ3v) is 3.80. The summed E-state index contributed by atoms with van der Waals surface area (Å²) in [5.41, 5.74) is 3.61. The molecule has 0 radical (unpaired) electrons. The van der Waals surface area contributed by atoms with E-state index < -0.39 is 0 Å². The molecule has 2 N–H and O–H groups in total. The van der Waals surface area contributed by atoms with E-state index in [-0.39, 0.29) is 6.03 Å². The molecule has 1 heterocycles. The van der Waals surface area contributed by atoms with Crippen LogP contribution in [0, 0.1) is 6.92 Å². The third kappa shape index (κ3) is 3.94. The molecule has 0 unspecified atom stereocenters. The lowest BCUT2D eigenvalue weighted by atomic mass is 10.2. The summed E-state index contributed by atoms with van der Waals surface area (Å²) in [5, 5.41) is 10.6. The first-order chi connectivity index (χ1) is 11.6. The summed E-state index contributed by atoms with van der Waals surface area (Å²) in [6.45, 7) is 2.41. The highest BCUT2D eigenvalue weighted by molar-refractivity contribution is 6.30. The van der Waals surface area contributed by atoms with Crippen LogP contribution in [0.15, 0.2) is 60.8 Å². The topological polar surface area (TPSA) is 59.0 Å². The number of anilines is 1. The van der Waals surface area contributed by atoms with Crippen molar-refractivity contribution >= 4 is 23.3 Å². The van der Waals surface area contributed by atoms with Crippen LogP contribution in [0.3, 0.4) is 0 Å². The maximum absolute atomic E-state index is 12.0. The fourth-order valence-corrected chi connectivity index (χ4v) is 2.44. The van der Waals surface area contributed by atoms with Gasteiger partial charge in [-0.1, -0.05) is 29.8 Å². The van der Waals surface area contributed by atoms with Gasteiger partial charge in [0.25, 0.3) is 0 Å². The predicted octanol–water partition coefficient (Wildman–Crippen LogP) is 4.16. The summed E-state index contributed by atoms with van der Waals surface area (Å²) in [7, 11) is 0. The zero-order valence-electron chi connectivity index (χ0n) is 13.2. The second-order valence-corrected chi connectivity index (χ2v) is 5.81. The molecular weight excluding hydrogens is 324 g/mol. The van der Waals surface area contributed by atoms with Gasteiger partial charge in [0, 0.05) is 29.1 Å². The van der Waals surface area contributed by atoms with E-state index in [1.807, 2.05) is 54.1 Å². The van der Waals surface area contributed by atoms with Gasteiger partial charge in [-0.25, -0.2) is 9.48 Å². The van der Waals surface area contributed by atoms with Gasteiger partial charge in [-0.3, -0.25) is 0 Å². The SMILES string of the molecule is Cc1ccnn1-c1cccc(NC(=O)NCc2ccc(Cl)cc2)c1. The number of carbonyl (C=O) groups excluding carboxylic acids is 1. The number of nitrogens with zero attached hydrogens (tertiary/aromatic N) is 2. The molecule has 0 aliphatic heterocycles. The molecule has 2 aromatic carbocycles. The van der Waals surface area contributed by atoms with E-state index in [0.29, 0.717) is 17.3 Å². The summed E-state index contributed by atoms with van der Waals surface area (Å²) >= 11 is 5.84. The van der Waals surface area contributed by atoms with Crippen LogP contribution in [0.5, 0.6) is 0 Å². The Morgan fingerprint density at radius 3 is 2.67 bits per heavy atom. The van der Waals surface area contributed by atoms with Crippen LogP contribution < -0.4 is 10.6 Å². The summed E-state index contributed by atoms with van der Waals surface area (Å²) in [6, 6.07) is 16.6. The molecule has 2 amide bonds. The first-order valence-electron chi connectivity index (χ1n) is 7.52. The van der Waals surface area contributed by atoms with Crippen LogP contribution in [0.4, 0.5) is 10.5 Å². The fraction of sp³-hybridized carbons (Fsp3) is 0.111. The minimum atomic E-state index is -0.265. The van der Waals surface area contributed by atoms with Crippen molar-refractivity contribution in [2.45, 2.75) is 13.5 Å². The van der Waals surface area contributed by atoms with Crippen molar-refractivity contribution in [3.05, 3.63) is 77.1 Å². The highest BCUT2D eigenvalue weighted by Gasteiger charge is 2.05. The molecular formula is C18H17ClN4O. The molecule has 1 aromatic heterocycles. The molecule has 0 aliphatic carbocycles. The highest BCUT2D eigenvalue weighted by atomic mass is 35.5. The predicted molar refractivity (Wildman–Crippen MR) is 95.6 cm³/mol. The normalized spacial score (nSPS) is 10.4. The minimum Gasteiger partial charge on any atom is -0.334 e. The van der Waals surface area contributed by atoms with Gasteiger partial charge >= 0.3 is 6.03 Å². The number of carbonyl (C=O) groups is 1. The van der Waals surface area contributed by atoms with E-state index in [9.17, 15) is 4.79 Å². The summed E-state index contributed by atoms with van der Waals surface area (Å²) in [5.74, 6) is 0. The number of halogens is 1. The Kier molecular flexibility index (Phi) is 4.82. The van der Waals surface area contributed by atoms with Gasteiger partial charge in [0.15, 0.2) is 0 Å². The van der Waals surface area contributed by atoms with Crippen LogP contribution in [0.1, 0.15) is 11.3 Å². The van der Waals surface area contributed by atoms with E-state index in [1.54, 1.807) is 18.3 Å². The molecule has 0 spiro atoms. The van der Waals surface area contributed by atoms with Gasteiger partial charge in [0.1, 0.15) is 0 Å². The molecule has 0 saturated carbocycles. The number of nitrogens with one attached hydrogen (secondary N) is 2. The number of benzene rings is 2. The standard InChI is InChI=1S/C18H17ClN4O/c1-13-9-10-21-23(13)17-4-2-3-16(11-17)22-18(24)20-12-14-5-7-15(19)8-6-14/h2-11H,12H2,1H3,(H2,20,22,24). The maximum atomic E-state index is 12.0. The number of aromatic nitrogens is 2. The summed E-state index contributed by atoms with van der Waals surface area (Å²) < 4.78 is 1.82. The quantitative estimate of drug-likeness (QED) is 0.749. The van der Waals surface area contributed by atoms with Crippen LogP contribution in [0.25, 0.3) is 5.69 Å². The smallest absolute Gasteiger partial charge is 0.319 e. The second kappa shape index (κ2) is 7.19. The van der Waals surface area contributed by atoms with Crippen molar-refractivity contribution < 1.29 is 4.79 Å². The first kappa shape index (κ1) is 16.1. The van der Waals surface area contributed by atoms with E-state index in [0.717, 1.165) is 16.9 Å². The lowest BCUT2D eigenvalue weighted by Gasteiger charge is -2.10. The number of hydrogen-bond donors (Lipinski definition) is 2. The monoisotopic (exact) mass is 340 g/mol. The third-order valence-electron chi connectivity index (χ3n) is 3.55. The van der Waals surface area contributed by atoms with Gasteiger partial charge in [0.2, 0.25) is 0 Å². The minimum absolute atomic E-state index is 0.265. The molecule has 6 heteroatoms. The molecule has 24 heavy (non-hydrogen) atoms. The van der Waals surface area contributed by atoms with Gasteiger partial charge < -0.3 is 10.6 Å². The second-order valence-electron chi connectivity index (χ2n) is 5.37. The van der Waals surface area contributed by atoms with Crippen molar-refractivity contribution in [1.29, 1.82) is 0 Å². The zero-order chi connectivity index (χ0) is 16.9. The summed E-state index contributed by atoms with van der Waals surface area (Å²) in [4.78, 5) is 12.0. The maximum Gasteiger partial charge on any atom is 0.319 e. The Balaban J connectivity index is 1.62. The molecule has 0 bridgehead atoms. The molecule has 122 valence electrons. The van der Waals surface area contributed by atoms with Crippen LogP contribution >= 0.6 is 11.6 Å². The molecule has 0 saturated heterocycles. The van der Waals surface area contributed by atoms with Crippen molar-refractivity contribution in [3.8, 4) is 5.69 Å². The Morgan fingerprint density at radius 1 is 1.17 bits per heavy atom. The average molecular weight is 341 g/mol. The molecule has 3 rings (SSSR count). The van der Waals surface area contributed by atoms with Gasteiger partial charge in [-0.05, 0) is 48.9 Å². The average Bonchev–Trinajstić information content (AvgIpc) is 3.01. The largest absolute Gasteiger partial charge is 0.334 e. The molecule has 5 nitrogen and oxygen atoms in total. The van der Waals surface area contributed by atoms with Crippen molar-refractivity contribution in [3.63, 3.8) is 0 Å². The van der Waals surface area contributed by atoms with Crippen molar-refractivity contribution in [2.24, 2.45) is 0 Å². The number of rotatable bonds is 4. The zero-order valence-corrected chi connectivity index (χ0v) is 13.9. The molecule has 0 atom stereocenters.